The van der Waals surface area contributed by atoms with Crippen LogP contribution in [-0.2, 0) is 6.42 Å². The third-order valence-electron chi connectivity index (χ3n) is 4.18. The number of aryl methyl sites for hydroxylation is 1. The Balaban J connectivity index is 2.30. The van der Waals surface area contributed by atoms with E-state index in [-0.39, 0.29) is 0 Å². The third kappa shape index (κ3) is 3.03. The van der Waals surface area contributed by atoms with E-state index in [2.05, 4.69) is 25.2 Å². The van der Waals surface area contributed by atoms with Crippen LogP contribution in [0.2, 0.25) is 0 Å². The van der Waals surface area contributed by atoms with Gasteiger partial charge in [0.05, 0.1) is 14.2 Å². The van der Waals surface area contributed by atoms with Crippen LogP contribution in [0.3, 0.4) is 0 Å². The first-order chi connectivity index (χ1) is 9.17. The third-order valence-corrected chi connectivity index (χ3v) is 4.18. The zero-order valence-electron chi connectivity index (χ0n) is 12.5. The van der Waals surface area contributed by atoms with E-state index in [0.717, 1.165) is 42.5 Å². The van der Waals surface area contributed by atoms with E-state index in [1.165, 1.54) is 24.0 Å². The lowest BCUT2D eigenvalue weighted by atomic mass is 9.88. The summed E-state index contributed by atoms with van der Waals surface area (Å²) in [5.41, 5.74) is 3.74. The van der Waals surface area contributed by atoms with Gasteiger partial charge in [0.2, 0.25) is 0 Å². The van der Waals surface area contributed by atoms with Crippen molar-refractivity contribution in [3.05, 3.63) is 22.8 Å². The van der Waals surface area contributed by atoms with Gasteiger partial charge in [0.15, 0.2) is 0 Å². The lowest BCUT2D eigenvalue weighted by Gasteiger charge is -2.25. The van der Waals surface area contributed by atoms with E-state index < -0.39 is 0 Å². The molecule has 1 N–H and O–H groups in total. The van der Waals surface area contributed by atoms with Gasteiger partial charge in [0, 0.05) is 5.56 Å². The zero-order chi connectivity index (χ0) is 13.8. The number of nitrogens with one attached hydrogen (secondary N) is 1. The standard InChI is InChI=1S/C16H25NO2/c1-11-9-15(18-3)12(2)16(19-4)14(11)10-13-5-7-17-8-6-13/h9,13,17H,5-8,10H2,1-4H3. The lowest BCUT2D eigenvalue weighted by Crippen LogP contribution is -2.28. The Kier molecular flexibility index (Phi) is 4.70. The van der Waals surface area contributed by atoms with Crippen LogP contribution in [0.1, 0.15) is 29.5 Å². The Labute approximate surface area is 116 Å². The molecular formula is C16H25NO2. The van der Waals surface area contributed by atoms with E-state index in [1.807, 2.05) is 0 Å². The molecule has 1 aliphatic rings. The molecule has 0 radical (unpaired) electrons. The van der Waals surface area contributed by atoms with Crippen molar-refractivity contribution in [2.24, 2.45) is 5.92 Å². The molecular weight excluding hydrogens is 238 g/mol. The number of piperidine rings is 1. The second-order valence-corrected chi connectivity index (χ2v) is 5.43. The van der Waals surface area contributed by atoms with Gasteiger partial charge in [0.25, 0.3) is 0 Å². The Morgan fingerprint density at radius 2 is 1.84 bits per heavy atom. The Morgan fingerprint density at radius 3 is 2.42 bits per heavy atom. The fourth-order valence-corrected chi connectivity index (χ4v) is 3.03. The summed E-state index contributed by atoms with van der Waals surface area (Å²) in [6, 6.07) is 2.13. The average Bonchev–Trinajstić information content (AvgIpc) is 2.44. The van der Waals surface area contributed by atoms with Crippen LogP contribution in [0, 0.1) is 19.8 Å². The molecule has 1 aliphatic heterocycles. The quantitative estimate of drug-likeness (QED) is 0.906. The molecule has 3 nitrogen and oxygen atoms in total. The molecule has 0 atom stereocenters. The number of methoxy groups -OCH3 is 2. The SMILES string of the molecule is COc1cc(C)c(CC2CCNCC2)c(OC)c1C. The Bertz CT molecular complexity index is 437. The second-order valence-electron chi connectivity index (χ2n) is 5.43. The van der Waals surface area contributed by atoms with E-state index >= 15 is 0 Å². The fraction of sp³-hybridized carbons (Fsp3) is 0.625. The van der Waals surface area contributed by atoms with Gasteiger partial charge >= 0.3 is 0 Å². The molecule has 1 saturated heterocycles. The van der Waals surface area contributed by atoms with Crippen LogP contribution in [0.15, 0.2) is 6.07 Å². The summed E-state index contributed by atoms with van der Waals surface area (Å²) in [6.07, 6.45) is 3.63. The predicted molar refractivity (Wildman–Crippen MR) is 78.3 cm³/mol. The summed E-state index contributed by atoms with van der Waals surface area (Å²) in [6.45, 7) is 6.51. The van der Waals surface area contributed by atoms with Crippen LogP contribution in [0.5, 0.6) is 11.5 Å². The Morgan fingerprint density at radius 1 is 1.16 bits per heavy atom. The largest absolute Gasteiger partial charge is 0.496 e. The average molecular weight is 263 g/mol. The summed E-state index contributed by atoms with van der Waals surface area (Å²) >= 11 is 0. The maximum absolute atomic E-state index is 5.65. The van der Waals surface area contributed by atoms with Gasteiger partial charge in [-0.05, 0) is 69.3 Å². The molecule has 19 heavy (non-hydrogen) atoms. The van der Waals surface area contributed by atoms with Crippen molar-refractivity contribution in [3.8, 4) is 11.5 Å². The van der Waals surface area contributed by atoms with E-state index in [9.17, 15) is 0 Å². The maximum Gasteiger partial charge on any atom is 0.128 e. The molecule has 1 heterocycles. The molecule has 0 saturated carbocycles. The van der Waals surface area contributed by atoms with E-state index in [1.54, 1.807) is 14.2 Å². The zero-order valence-corrected chi connectivity index (χ0v) is 12.5. The van der Waals surface area contributed by atoms with Gasteiger partial charge < -0.3 is 14.8 Å². The van der Waals surface area contributed by atoms with E-state index in [0.29, 0.717) is 0 Å². The van der Waals surface area contributed by atoms with Crippen molar-refractivity contribution in [1.82, 2.24) is 5.32 Å². The first-order valence-corrected chi connectivity index (χ1v) is 7.09. The van der Waals surface area contributed by atoms with Crippen molar-refractivity contribution in [3.63, 3.8) is 0 Å². The Hall–Kier alpha value is -1.22. The minimum Gasteiger partial charge on any atom is -0.496 e. The molecule has 0 amide bonds. The molecule has 1 aromatic rings. The minimum atomic E-state index is 0.765. The number of ether oxygens (including phenoxy) is 2. The normalized spacial score (nSPS) is 16.4. The summed E-state index contributed by atoms with van der Waals surface area (Å²) in [7, 11) is 3.47. The second kappa shape index (κ2) is 6.29. The fourth-order valence-electron chi connectivity index (χ4n) is 3.03. The van der Waals surface area contributed by atoms with Gasteiger partial charge in [-0.15, -0.1) is 0 Å². The van der Waals surface area contributed by atoms with Gasteiger partial charge in [-0.25, -0.2) is 0 Å². The molecule has 3 heteroatoms. The molecule has 1 fully saturated rings. The van der Waals surface area contributed by atoms with Crippen molar-refractivity contribution in [2.45, 2.75) is 33.1 Å². The molecule has 1 aromatic carbocycles. The molecule has 0 unspecified atom stereocenters. The highest BCUT2D eigenvalue weighted by molar-refractivity contribution is 5.53. The first-order valence-electron chi connectivity index (χ1n) is 7.09. The number of hydrogen-bond donors (Lipinski definition) is 1. The summed E-state index contributed by atoms with van der Waals surface area (Å²) in [5.74, 6) is 2.69. The summed E-state index contributed by atoms with van der Waals surface area (Å²) < 4.78 is 11.1. The topological polar surface area (TPSA) is 30.5 Å². The van der Waals surface area contributed by atoms with Gasteiger partial charge in [0.1, 0.15) is 11.5 Å². The lowest BCUT2D eigenvalue weighted by molar-refractivity contribution is 0.355. The van der Waals surface area contributed by atoms with Crippen molar-refractivity contribution in [1.29, 1.82) is 0 Å². The molecule has 0 spiro atoms. The van der Waals surface area contributed by atoms with Crippen LogP contribution in [0.25, 0.3) is 0 Å². The number of benzene rings is 1. The van der Waals surface area contributed by atoms with Crippen LogP contribution >= 0.6 is 0 Å². The van der Waals surface area contributed by atoms with Crippen molar-refractivity contribution >= 4 is 0 Å². The monoisotopic (exact) mass is 263 g/mol. The van der Waals surface area contributed by atoms with Gasteiger partial charge in [-0.3, -0.25) is 0 Å². The first kappa shape index (κ1) is 14.2. The summed E-state index contributed by atoms with van der Waals surface area (Å²) in [4.78, 5) is 0. The van der Waals surface area contributed by atoms with Gasteiger partial charge in [-0.1, -0.05) is 0 Å². The van der Waals surface area contributed by atoms with E-state index in [4.69, 9.17) is 9.47 Å². The van der Waals surface area contributed by atoms with Crippen LogP contribution < -0.4 is 14.8 Å². The highest BCUT2D eigenvalue weighted by atomic mass is 16.5. The molecule has 106 valence electrons. The molecule has 0 bridgehead atoms. The maximum atomic E-state index is 5.65. The number of hydrogen-bond acceptors (Lipinski definition) is 3. The van der Waals surface area contributed by atoms with Crippen LogP contribution in [-0.4, -0.2) is 27.3 Å². The van der Waals surface area contributed by atoms with Crippen LogP contribution in [0.4, 0.5) is 0 Å². The van der Waals surface area contributed by atoms with Gasteiger partial charge in [-0.2, -0.15) is 0 Å². The molecule has 0 aromatic heterocycles. The smallest absolute Gasteiger partial charge is 0.128 e. The highest BCUT2D eigenvalue weighted by Crippen LogP contribution is 2.36. The molecule has 2 rings (SSSR count). The minimum absolute atomic E-state index is 0.765. The number of rotatable bonds is 4. The van der Waals surface area contributed by atoms with Crippen molar-refractivity contribution < 1.29 is 9.47 Å². The summed E-state index contributed by atoms with van der Waals surface area (Å²) in [5, 5.41) is 3.42. The van der Waals surface area contributed by atoms with Crippen molar-refractivity contribution in [2.75, 3.05) is 27.3 Å². The highest BCUT2D eigenvalue weighted by Gasteiger charge is 2.20. The molecule has 0 aliphatic carbocycles. The predicted octanol–water partition coefficient (Wildman–Crippen LogP) is 2.86.